The van der Waals surface area contributed by atoms with Crippen molar-refractivity contribution in [1.29, 1.82) is 0 Å². The lowest BCUT2D eigenvalue weighted by atomic mass is 10.1. The number of benzene rings is 1. The lowest BCUT2D eigenvalue weighted by Crippen LogP contribution is -2.02. The summed E-state index contributed by atoms with van der Waals surface area (Å²) in [6.45, 7) is 0. The normalized spacial score (nSPS) is 10.3. The molecule has 0 saturated heterocycles. The minimum Gasteiger partial charge on any atom is -0.398 e. The van der Waals surface area contributed by atoms with Crippen LogP contribution in [0.1, 0.15) is 0 Å². The molecule has 60 valence electrons. The molecule has 2 aromatic rings. The lowest BCUT2D eigenvalue weighted by Gasteiger charge is -1.98. The van der Waals surface area contributed by atoms with Crippen molar-refractivity contribution in [1.82, 2.24) is 4.98 Å². The number of nitrogens with two attached hydrogens (primary N) is 1. The van der Waals surface area contributed by atoms with Gasteiger partial charge < -0.3 is 10.7 Å². The second kappa shape index (κ2) is 2.37. The number of aromatic nitrogens is 1. The predicted octanol–water partition coefficient (Wildman–Crippen LogP) is 1.11. The number of nitrogens with one attached hydrogen (secondary N) is 1. The largest absolute Gasteiger partial charge is 0.398 e. The first kappa shape index (κ1) is 6.91. The van der Waals surface area contributed by atoms with Crippen LogP contribution in [0.15, 0.2) is 35.3 Å². The highest BCUT2D eigenvalue weighted by molar-refractivity contribution is 5.91. The molecule has 0 fully saturated rings. The van der Waals surface area contributed by atoms with Crippen molar-refractivity contribution in [2.75, 3.05) is 5.73 Å². The van der Waals surface area contributed by atoms with Crippen LogP contribution in [0.25, 0.3) is 10.8 Å². The smallest absolute Gasteiger partial charge is 0.248 e. The number of pyridine rings is 1. The van der Waals surface area contributed by atoms with E-state index in [9.17, 15) is 4.79 Å². The van der Waals surface area contributed by atoms with Crippen molar-refractivity contribution in [3.05, 3.63) is 40.8 Å². The van der Waals surface area contributed by atoms with Gasteiger partial charge in [0.15, 0.2) is 0 Å². The molecule has 1 aromatic carbocycles. The zero-order valence-corrected chi connectivity index (χ0v) is 6.37. The Balaban J connectivity index is 2.97. The molecule has 3 N–H and O–H groups in total. The first-order valence-corrected chi connectivity index (χ1v) is 3.64. The molecular formula is C9H8N2O. The Morgan fingerprint density at radius 2 is 2.17 bits per heavy atom. The third-order valence-corrected chi connectivity index (χ3v) is 1.82. The number of H-pyrrole nitrogens is 1. The number of aromatic amines is 1. The summed E-state index contributed by atoms with van der Waals surface area (Å²) in [6.07, 6.45) is 1.66. The fourth-order valence-corrected chi connectivity index (χ4v) is 1.22. The minimum absolute atomic E-state index is 0.125. The van der Waals surface area contributed by atoms with Crippen LogP contribution >= 0.6 is 0 Å². The molecule has 0 bridgehead atoms. The van der Waals surface area contributed by atoms with E-state index in [0.717, 1.165) is 10.8 Å². The summed E-state index contributed by atoms with van der Waals surface area (Å²) in [5.41, 5.74) is 6.19. The summed E-state index contributed by atoms with van der Waals surface area (Å²) in [6, 6.07) is 7.05. The van der Waals surface area contributed by atoms with E-state index in [1.807, 2.05) is 12.1 Å². The minimum atomic E-state index is -0.125. The van der Waals surface area contributed by atoms with Crippen molar-refractivity contribution in [2.45, 2.75) is 0 Å². The molecule has 0 aliphatic heterocycles. The molecule has 12 heavy (non-hydrogen) atoms. The van der Waals surface area contributed by atoms with Crippen LogP contribution < -0.4 is 11.3 Å². The summed E-state index contributed by atoms with van der Waals surface area (Å²) in [4.78, 5) is 13.5. The van der Waals surface area contributed by atoms with Gasteiger partial charge in [0.05, 0.1) is 0 Å². The van der Waals surface area contributed by atoms with Crippen molar-refractivity contribution < 1.29 is 0 Å². The Morgan fingerprint density at radius 3 is 3.00 bits per heavy atom. The average Bonchev–Trinajstić information content (AvgIpc) is 2.07. The molecule has 0 aliphatic carbocycles. The second-order valence-corrected chi connectivity index (χ2v) is 2.65. The Labute approximate surface area is 68.8 Å². The first-order valence-electron chi connectivity index (χ1n) is 3.64. The van der Waals surface area contributed by atoms with Gasteiger partial charge in [-0.1, -0.05) is 12.1 Å². The zero-order chi connectivity index (χ0) is 8.55. The molecule has 1 aromatic heterocycles. The van der Waals surface area contributed by atoms with Crippen LogP contribution in [0.5, 0.6) is 0 Å². The van der Waals surface area contributed by atoms with E-state index in [2.05, 4.69) is 4.98 Å². The first-order chi connectivity index (χ1) is 5.77. The highest BCUT2D eigenvalue weighted by Crippen LogP contribution is 2.16. The van der Waals surface area contributed by atoms with Gasteiger partial charge in [0.2, 0.25) is 5.56 Å². The van der Waals surface area contributed by atoms with E-state index in [0.29, 0.717) is 5.69 Å². The molecule has 0 amide bonds. The van der Waals surface area contributed by atoms with Crippen LogP contribution in [0.3, 0.4) is 0 Å². The molecule has 0 spiro atoms. The monoisotopic (exact) mass is 160 g/mol. The summed E-state index contributed by atoms with van der Waals surface area (Å²) in [7, 11) is 0. The third-order valence-electron chi connectivity index (χ3n) is 1.82. The Morgan fingerprint density at radius 1 is 1.33 bits per heavy atom. The molecule has 0 radical (unpaired) electrons. The molecule has 3 nitrogen and oxygen atoms in total. The molecule has 0 aliphatic rings. The van der Waals surface area contributed by atoms with E-state index >= 15 is 0 Å². The summed E-state index contributed by atoms with van der Waals surface area (Å²) in [5, 5.41) is 1.76. The number of hydrogen-bond donors (Lipinski definition) is 2. The van der Waals surface area contributed by atoms with Gasteiger partial charge in [0.1, 0.15) is 0 Å². The molecule has 2 rings (SSSR count). The van der Waals surface area contributed by atoms with Crippen molar-refractivity contribution in [3.63, 3.8) is 0 Å². The van der Waals surface area contributed by atoms with Crippen LogP contribution in [-0.2, 0) is 0 Å². The lowest BCUT2D eigenvalue weighted by molar-refractivity contribution is 1.27. The maximum Gasteiger partial charge on any atom is 0.248 e. The predicted molar refractivity (Wildman–Crippen MR) is 49.0 cm³/mol. The zero-order valence-electron chi connectivity index (χ0n) is 6.37. The summed E-state index contributed by atoms with van der Waals surface area (Å²) < 4.78 is 0. The van der Waals surface area contributed by atoms with Gasteiger partial charge in [-0.05, 0) is 6.07 Å². The quantitative estimate of drug-likeness (QED) is 0.567. The molecule has 3 heteroatoms. The molecule has 0 unspecified atom stereocenters. The fraction of sp³-hybridized carbons (Fsp3) is 0. The van der Waals surface area contributed by atoms with E-state index < -0.39 is 0 Å². The van der Waals surface area contributed by atoms with Crippen molar-refractivity contribution >= 4 is 16.5 Å². The maximum atomic E-state index is 10.9. The number of fused-ring (bicyclic) bond motifs is 1. The van der Waals surface area contributed by atoms with Gasteiger partial charge in [0, 0.05) is 28.7 Å². The van der Waals surface area contributed by atoms with Crippen LogP contribution in [0.4, 0.5) is 5.69 Å². The number of anilines is 1. The fourth-order valence-electron chi connectivity index (χ4n) is 1.22. The summed E-state index contributed by atoms with van der Waals surface area (Å²) >= 11 is 0. The Bertz CT molecular complexity index is 473. The van der Waals surface area contributed by atoms with E-state index in [1.165, 1.54) is 6.07 Å². The van der Waals surface area contributed by atoms with Gasteiger partial charge in [-0.15, -0.1) is 0 Å². The van der Waals surface area contributed by atoms with Gasteiger partial charge in [0.25, 0.3) is 0 Å². The molecule has 0 atom stereocenters. The van der Waals surface area contributed by atoms with E-state index in [-0.39, 0.29) is 5.56 Å². The van der Waals surface area contributed by atoms with Crippen LogP contribution in [0, 0.1) is 0 Å². The number of hydrogen-bond acceptors (Lipinski definition) is 2. The molecule has 0 saturated carbocycles. The van der Waals surface area contributed by atoms with Crippen LogP contribution in [0.2, 0.25) is 0 Å². The standard InChI is InChI=1S/C9H8N2O/c10-8-3-1-2-6-5-11-9(12)4-7(6)8/h1-5H,10H2,(H,11,12). The van der Waals surface area contributed by atoms with E-state index in [1.54, 1.807) is 12.3 Å². The van der Waals surface area contributed by atoms with Gasteiger partial charge in [-0.3, -0.25) is 4.79 Å². The Kier molecular flexibility index (Phi) is 1.37. The Hall–Kier alpha value is -1.77. The van der Waals surface area contributed by atoms with Gasteiger partial charge in [-0.2, -0.15) is 0 Å². The summed E-state index contributed by atoms with van der Waals surface area (Å²) in [5.74, 6) is 0. The second-order valence-electron chi connectivity index (χ2n) is 2.65. The molecule has 1 heterocycles. The highest BCUT2D eigenvalue weighted by Gasteiger charge is 1.96. The SMILES string of the molecule is Nc1cccc2c[nH]c(=O)cc12. The molecular weight excluding hydrogens is 152 g/mol. The van der Waals surface area contributed by atoms with Gasteiger partial charge >= 0.3 is 0 Å². The average molecular weight is 160 g/mol. The van der Waals surface area contributed by atoms with Gasteiger partial charge in [-0.25, -0.2) is 0 Å². The number of nitrogen functional groups attached to an aromatic ring is 1. The topological polar surface area (TPSA) is 58.9 Å². The number of rotatable bonds is 0. The van der Waals surface area contributed by atoms with Crippen LogP contribution in [-0.4, -0.2) is 4.98 Å². The maximum absolute atomic E-state index is 10.9. The van der Waals surface area contributed by atoms with Crippen molar-refractivity contribution in [3.8, 4) is 0 Å². The highest BCUT2D eigenvalue weighted by atomic mass is 16.1. The van der Waals surface area contributed by atoms with E-state index in [4.69, 9.17) is 5.73 Å². The third kappa shape index (κ3) is 0.955. The van der Waals surface area contributed by atoms with Crippen molar-refractivity contribution in [2.24, 2.45) is 0 Å².